The Morgan fingerprint density at radius 1 is 1.57 bits per heavy atom. The van der Waals surface area contributed by atoms with Crippen LogP contribution in [0.2, 0.25) is 0 Å². The van der Waals surface area contributed by atoms with E-state index in [0.717, 1.165) is 6.42 Å². The summed E-state index contributed by atoms with van der Waals surface area (Å²) in [4.78, 5) is 4.20. The largest absolute Gasteiger partial charge is 0.331 e. The Kier molecular flexibility index (Phi) is 2.59. The normalized spacial score (nSPS) is 18.9. The molecule has 1 heterocycles. The second-order valence-electron chi connectivity index (χ2n) is 4.64. The van der Waals surface area contributed by atoms with E-state index in [2.05, 4.69) is 23.4 Å². The topological polar surface area (TPSA) is 43.8 Å². The SMILES string of the molecule is CC(C)C(N)Cc1cncn1C1CC1. The molecule has 0 amide bonds. The Balaban J connectivity index is 2.04. The highest BCUT2D eigenvalue weighted by Crippen LogP contribution is 2.35. The molecule has 3 nitrogen and oxygen atoms in total. The number of rotatable bonds is 4. The maximum atomic E-state index is 6.06. The Bertz CT molecular complexity index is 299. The van der Waals surface area contributed by atoms with E-state index in [4.69, 9.17) is 5.73 Å². The van der Waals surface area contributed by atoms with Crippen molar-refractivity contribution in [1.29, 1.82) is 0 Å². The van der Waals surface area contributed by atoms with Crippen molar-refractivity contribution in [3.05, 3.63) is 18.2 Å². The van der Waals surface area contributed by atoms with Gasteiger partial charge < -0.3 is 10.3 Å². The van der Waals surface area contributed by atoms with E-state index in [9.17, 15) is 0 Å². The fourth-order valence-electron chi connectivity index (χ4n) is 1.65. The lowest BCUT2D eigenvalue weighted by molar-refractivity contribution is 0.477. The summed E-state index contributed by atoms with van der Waals surface area (Å²) in [5.74, 6) is 0.539. The molecular formula is C11H19N3. The number of hydrogen-bond acceptors (Lipinski definition) is 2. The molecule has 2 N–H and O–H groups in total. The Morgan fingerprint density at radius 2 is 2.29 bits per heavy atom. The molecule has 0 saturated heterocycles. The summed E-state index contributed by atoms with van der Waals surface area (Å²) in [5, 5.41) is 0. The van der Waals surface area contributed by atoms with Crippen molar-refractivity contribution in [2.75, 3.05) is 0 Å². The van der Waals surface area contributed by atoms with Gasteiger partial charge in [-0.25, -0.2) is 4.98 Å². The third kappa shape index (κ3) is 1.98. The zero-order chi connectivity index (χ0) is 10.1. The van der Waals surface area contributed by atoms with Crippen LogP contribution in [0.1, 0.15) is 38.4 Å². The van der Waals surface area contributed by atoms with Crippen LogP contribution in [0.15, 0.2) is 12.5 Å². The monoisotopic (exact) mass is 193 g/mol. The predicted octanol–water partition coefficient (Wildman–Crippen LogP) is 1.74. The van der Waals surface area contributed by atoms with E-state index in [1.54, 1.807) is 0 Å². The Labute approximate surface area is 85.3 Å². The van der Waals surface area contributed by atoms with Crippen molar-refractivity contribution in [1.82, 2.24) is 9.55 Å². The molecule has 1 atom stereocenters. The summed E-state index contributed by atoms with van der Waals surface area (Å²) < 4.78 is 2.29. The molecule has 1 aromatic rings. The smallest absolute Gasteiger partial charge is 0.0950 e. The summed E-state index contributed by atoms with van der Waals surface area (Å²) in [5.41, 5.74) is 7.36. The Morgan fingerprint density at radius 3 is 2.86 bits per heavy atom. The first kappa shape index (κ1) is 9.71. The number of aromatic nitrogens is 2. The molecule has 1 aliphatic rings. The second-order valence-corrected chi connectivity index (χ2v) is 4.64. The molecule has 1 unspecified atom stereocenters. The third-order valence-electron chi connectivity index (χ3n) is 2.99. The van der Waals surface area contributed by atoms with Gasteiger partial charge in [0.1, 0.15) is 0 Å². The molecule has 14 heavy (non-hydrogen) atoms. The lowest BCUT2D eigenvalue weighted by Gasteiger charge is -2.16. The lowest BCUT2D eigenvalue weighted by Crippen LogP contribution is -2.29. The average molecular weight is 193 g/mol. The zero-order valence-corrected chi connectivity index (χ0v) is 8.98. The molecule has 1 aliphatic carbocycles. The van der Waals surface area contributed by atoms with Gasteiger partial charge in [-0.3, -0.25) is 0 Å². The second kappa shape index (κ2) is 3.73. The molecule has 0 aromatic carbocycles. The average Bonchev–Trinajstić information content (AvgIpc) is 2.88. The van der Waals surface area contributed by atoms with Crippen LogP contribution in [0.25, 0.3) is 0 Å². The highest BCUT2D eigenvalue weighted by molar-refractivity contribution is 5.05. The first-order chi connectivity index (χ1) is 6.68. The number of nitrogens with two attached hydrogens (primary N) is 1. The molecule has 1 saturated carbocycles. The van der Waals surface area contributed by atoms with Gasteiger partial charge in [-0.15, -0.1) is 0 Å². The van der Waals surface area contributed by atoms with Crippen molar-refractivity contribution < 1.29 is 0 Å². The van der Waals surface area contributed by atoms with Crippen LogP contribution >= 0.6 is 0 Å². The first-order valence-electron chi connectivity index (χ1n) is 5.44. The van der Waals surface area contributed by atoms with Crippen molar-refractivity contribution in [2.45, 2.75) is 45.2 Å². The van der Waals surface area contributed by atoms with Crippen LogP contribution < -0.4 is 5.73 Å². The minimum atomic E-state index is 0.254. The van der Waals surface area contributed by atoms with Gasteiger partial charge in [0, 0.05) is 30.4 Å². The van der Waals surface area contributed by atoms with Crippen LogP contribution in [-0.4, -0.2) is 15.6 Å². The van der Waals surface area contributed by atoms with Crippen LogP contribution in [0.3, 0.4) is 0 Å². The van der Waals surface area contributed by atoms with Crippen molar-refractivity contribution >= 4 is 0 Å². The molecule has 0 spiro atoms. The minimum absolute atomic E-state index is 0.254. The number of nitrogens with zero attached hydrogens (tertiary/aromatic N) is 2. The number of hydrogen-bond donors (Lipinski definition) is 1. The quantitative estimate of drug-likeness (QED) is 0.791. The van der Waals surface area contributed by atoms with Gasteiger partial charge in [0.15, 0.2) is 0 Å². The summed E-state index contributed by atoms with van der Waals surface area (Å²) in [6, 6.07) is 0.969. The van der Waals surface area contributed by atoms with Gasteiger partial charge in [-0.1, -0.05) is 13.8 Å². The zero-order valence-electron chi connectivity index (χ0n) is 8.98. The highest BCUT2D eigenvalue weighted by Gasteiger charge is 2.25. The van der Waals surface area contributed by atoms with Crippen LogP contribution in [0, 0.1) is 5.92 Å². The molecular weight excluding hydrogens is 174 g/mol. The fourth-order valence-corrected chi connectivity index (χ4v) is 1.65. The van der Waals surface area contributed by atoms with Gasteiger partial charge >= 0.3 is 0 Å². The standard InChI is InChI=1S/C11H19N3/c1-8(2)11(12)5-10-6-13-7-14(10)9-3-4-9/h6-9,11H,3-5,12H2,1-2H3. The number of imidazole rings is 1. The molecule has 1 fully saturated rings. The molecule has 2 rings (SSSR count). The lowest BCUT2D eigenvalue weighted by atomic mass is 10.0. The minimum Gasteiger partial charge on any atom is -0.331 e. The summed E-state index contributed by atoms with van der Waals surface area (Å²) in [7, 11) is 0. The van der Waals surface area contributed by atoms with Crippen LogP contribution in [-0.2, 0) is 6.42 Å². The van der Waals surface area contributed by atoms with Gasteiger partial charge in [0.05, 0.1) is 6.33 Å². The van der Waals surface area contributed by atoms with E-state index in [1.165, 1.54) is 18.5 Å². The van der Waals surface area contributed by atoms with E-state index in [1.807, 2.05) is 12.5 Å². The van der Waals surface area contributed by atoms with E-state index in [0.29, 0.717) is 12.0 Å². The summed E-state index contributed by atoms with van der Waals surface area (Å²) in [6.45, 7) is 4.34. The summed E-state index contributed by atoms with van der Waals surface area (Å²) in [6.07, 6.45) is 7.47. The third-order valence-corrected chi connectivity index (χ3v) is 2.99. The molecule has 3 heteroatoms. The van der Waals surface area contributed by atoms with Gasteiger partial charge in [0.2, 0.25) is 0 Å². The maximum Gasteiger partial charge on any atom is 0.0950 e. The Hall–Kier alpha value is -0.830. The first-order valence-corrected chi connectivity index (χ1v) is 5.44. The van der Waals surface area contributed by atoms with Crippen molar-refractivity contribution in [3.63, 3.8) is 0 Å². The summed E-state index contributed by atoms with van der Waals surface area (Å²) >= 11 is 0. The van der Waals surface area contributed by atoms with E-state index in [-0.39, 0.29) is 6.04 Å². The molecule has 0 bridgehead atoms. The molecule has 0 aliphatic heterocycles. The predicted molar refractivity (Wildman–Crippen MR) is 57.0 cm³/mol. The van der Waals surface area contributed by atoms with E-state index < -0.39 is 0 Å². The van der Waals surface area contributed by atoms with Crippen LogP contribution in [0.5, 0.6) is 0 Å². The van der Waals surface area contributed by atoms with E-state index >= 15 is 0 Å². The van der Waals surface area contributed by atoms with Gasteiger partial charge in [-0.2, -0.15) is 0 Å². The highest BCUT2D eigenvalue weighted by atomic mass is 15.1. The van der Waals surface area contributed by atoms with Crippen LogP contribution in [0.4, 0.5) is 0 Å². The van der Waals surface area contributed by atoms with Gasteiger partial charge in [-0.05, 0) is 18.8 Å². The molecule has 1 aromatic heterocycles. The van der Waals surface area contributed by atoms with Crippen molar-refractivity contribution in [2.24, 2.45) is 11.7 Å². The molecule has 78 valence electrons. The fraction of sp³-hybridized carbons (Fsp3) is 0.727. The molecule has 0 radical (unpaired) electrons. The maximum absolute atomic E-state index is 6.06. The van der Waals surface area contributed by atoms with Gasteiger partial charge in [0.25, 0.3) is 0 Å². The van der Waals surface area contributed by atoms with Crippen molar-refractivity contribution in [3.8, 4) is 0 Å².